The maximum absolute atomic E-state index is 14.4. The minimum Gasteiger partial charge on any atom is -0.393 e. The first-order valence-electron chi connectivity index (χ1n) is 12.6. The van der Waals surface area contributed by atoms with E-state index >= 15 is 0 Å². The summed E-state index contributed by atoms with van der Waals surface area (Å²) in [5.41, 5.74) is 0.418. The van der Waals surface area contributed by atoms with Crippen LogP contribution < -0.4 is 16.0 Å². The quantitative estimate of drug-likeness (QED) is 0.388. The van der Waals surface area contributed by atoms with Gasteiger partial charge in [-0.05, 0) is 51.4 Å². The molecule has 4 N–H and O–H groups in total. The Labute approximate surface area is 211 Å². The van der Waals surface area contributed by atoms with Gasteiger partial charge >= 0.3 is 0 Å². The molecule has 0 saturated heterocycles. The van der Waals surface area contributed by atoms with E-state index in [1.807, 2.05) is 0 Å². The van der Waals surface area contributed by atoms with Gasteiger partial charge in [0.25, 0.3) is 0 Å². The number of hydrogen-bond donors (Lipinski definition) is 4. The molecule has 2 heterocycles. The molecule has 0 aliphatic heterocycles. The van der Waals surface area contributed by atoms with Crippen molar-refractivity contribution in [2.45, 2.75) is 69.6 Å². The summed E-state index contributed by atoms with van der Waals surface area (Å²) in [4.78, 5) is 25.5. The van der Waals surface area contributed by atoms with Crippen molar-refractivity contribution in [2.75, 3.05) is 17.7 Å². The highest BCUT2D eigenvalue weighted by atomic mass is 19.1. The number of benzene rings is 1. The van der Waals surface area contributed by atoms with Crippen LogP contribution in [0.2, 0.25) is 0 Å². The van der Waals surface area contributed by atoms with Gasteiger partial charge in [-0.25, -0.2) is 23.1 Å². The number of nitrogens with one attached hydrogen (secondary N) is 3. The van der Waals surface area contributed by atoms with Crippen LogP contribution in [0, 0.1) is 23.4 Å². The van der Waals surface area contributed by atoms with Crippen molar-refractivity contribution in [3.8, 4) is 0 Å². The Morgan fingerprint density at radius 3 is 2.32 bits per heavy atom. The molecule has 0 atom stereocenters. The Kier molecular flexibility index (Phi) is 7.18. The maximum atomic E-state index is 14.4. The lowest BCUT2D eigenvalue weighted by atomic mass is 9.85. The number of carbonyl (C=O) groups excluding carboxylic acids is 1. The molecule has 3 aromatic rings. The molecule has 2 aliphatic rings. The number of carbonyl (C=O) groups is 1. The number of rotatable bonds is 6. The third-order valence-corrected chi connectivity index (χ3v) is 7.39. The molecule has 2 aliphatic carbocycles. The smallest absolute Gasteiger partial charge is 0.224 e. The summed E-state index contributed by atoms with van der Waals surface area (Å²) < 4.78 is 44.1. The fourth-order valence-electron chi connectivity index (χ4n) is 5.37. The van der Waals surface area contributed by atoms with Crippen LogP contribution in [0.5, 0.6) is 0 Å². The Hall–Kier alpha value is -3.41. The van der Waals surface area contributed by atoms with Crippen molar-refractivity contribution >= 4 is 34.7 Å². The average molecular weight is 518 g/mol. The molecule has 2 aromatic heterocycles. The van der Waals surface area contributed by atoms with Crippen molar-refractivity contribution < 1.29 is 23.1 Å². The third-order valence-electron chi connectivity index (χ3n) is 7.39. The van der Waals surface area contributed by atoms with E-state index in [0.717, 1.165) is 25.7 Å². The minimum absolute atomic E-state index is 0.00965. The highest BCUT2D eigenvalue weighted by Crippen LogP contribution is 2.36. The molecule has 0 unspecified atom stereocenters. The zero-order valence-corrected chi connectivity index (χ0v) is 20.5. The number of aliphatic hydroxyl groups excluding tert-OH is 1. The Morgan fingerprint density at radius 1 is 1.00 bits per heavy atom. The zero-order chi connectivity index (χ0) is 26.1. The van der Waals surface area contributed by atoms with Crippen LogP contribution in [-0.4, -0.2) is 49.7 Å². The lowest BCUT2D eigenvalue weighted by molar-refractivity contribution is -0.125. The summed E-state index contributed by atoms with van der Waals surface area (Å²) in [6, 6.07) is 1.21. The number of aromatic nitrogens is 4. The Bertz CT molecular complexity index is 1260. The van der Waals surface area contributed by atoms with Crippen molar-refractivity contribution in [2.24, 2.45) is 5.92 Å². The molecule has 12 heteroatoms. The van der Waals surface area contributed by atoms with E-state index in [4.69, 9.17) is 4.98 Å². The van der Waals surface area contributed by atoms with Crippen molar-refractivity contribution in [1.82, 2.24) is 24.8 Å². The minimum atomic E-state index is -1.07. The molecular weight excluding hydrogens is 487 g/mol. The third kappa shape index (κ3) is 5.34. The summed E-state index contributed by atoms with van der Waals surface area (Å²) in [5.74, 6) is -2.52. The monoisotopic (exact) mass is 517 g/mol. The summed E-state index contributed by atoms with van der Waals surface area (Å²) >= 11 is 0. The zero-order valence-electron chi connectivity index (χ0n) is 20.5. The van der Waals surface area contributed by atoms with E-state index in [9.17, 15) is 23.1 Å². The summed E-state index contributed by atoms with van der Waals surface area (Å²) in [7, 11) is 1.65. The summed E-state index contributed by atoms with van der Waals surface area (Å²) in [6.07, 6.45) is 6.71. The summed E-state index contributed by atoms with van der Waals surface area (Å²) in [5, 5.41) is 18.8. The normalized spacial score (nSPS) is 24.1. The topological polar surface area (TPSA) is 117 Å². The average Bonchev–Trinajstić information content (AvgIpc) is 3.24. The van der Waals surface area contributed by atoms with Crippen LogP contribution in [0.25, 0.3) is 11.2 Å². The number of anilines is 3. The van der Waals surface area contributed by atoms with Crippen LogP contribution in [0.1, 0.15) is 57.4 Å². The summed E-state index contributed by atoms with van der Waals surface area (Å²) in [6.45, 7) is 0. The first kappa shape index (κ1) is 25.2. The van der Waals surface area contributed by atoms with E-state index in [0.29, 0.717) is 54.9 Å². The molecule has 1 amide bonds. The second-order valence-corrected chi connectivity index (χ2v) is 9.85. The lowest BCUT2D eigenvalue weighted by Crippen LogP contribution is -2.34. The van der Waals surface area contributed by atoms with E-state index in [2.05, 4.69) is 25.9 Å². The van der Waals surface area contributed by atoms with Gasteiger partial charge in [0, 0.05) is 37.2 Å². The van der Waals surface area contributed by atoms with Crippen molar-refractivity contribution in [1.29, 1.82) is 0 Å². The second-order valence-electron chi connectivity index (χ2n) is 9.85. The molecule has 5 rings (SSSR count). The van der Waals surface area contributed by atoms with Gasteiger partial charge in [0.2, 0.25) is 17.8 Å². The molecule has 0 radical (unpaired) electrons. The predicted molar refractivity (Wildman–Crippen MR) is 132 cm³/mol. The predicted octanol–water partition coefficient (Wildman–Crippen LogP) is 4.18. The fourth-order valence-corrected chi connectivity index (χ4v) is 5.37. The molecule has 1 aromatic carbocycles. The van der Waals surface area contributed by atoms with Crippen molar-refractivity contribution in [3.63, 3.8) is 0 Å². The number of imidazole rings is 1. The number of aliphatic hydroxyl groups is 1. The maximum Gasteiger partial charge on any atom is 0.224 e. The molecular formula is C25H30F3N7O2. The van der Waals surface area contributed by atoms with Gasteiger partial charge in [0.1, 0.15) is 17.0 Å². The molecule has 0 spiro atoms. The van der Waals surface area contributed by atoms with Gasteiger partial charge in [-0.3, -0.25) is 9.36 Å². The molecule has 9 nitrogen and oxygen atoms in total. The largest absolute Gasteiger partial charge is 0.393 e. The number of fused-ring (bicyclic) bond motifs is 1. The lowest BCUT2D eigenvalue weighted by Gasteiger charge is -2.29. The standard InChI is InChI=1S/C25H30F3N7O2/c1-29-23(37)13-2-4-15(5-3-13)31-24-30-12-20-22(34-24)35(16-6-8-17(36)9-7-16)25(32-20)33-21-18(27)10-14(26)11-19(21)28/h10-13,15-17,36H,2-9H2,1H3,(H,29,37)(H,32,33)(H,30,31,34). The number of amides is 1. The number of nitrogens with zero attached hydrogens (tertiary/aromatic N) is 4. The van der Waals surface area contributed by atoms with Crippen LogP contribution >= 0.6 is 0 Å². The van der Waals surface area contributed by atoms with Gasteiger partial charge < -0.3 is 21.1 Å². The Morgan fingerprint density at radius 2 is 1.68 bits per heavy atom. The highest BCUT2D eigenvalue weighted by molar-refractivity contribution is 5.78. The van der Waals surface area contributed by atoms with Crippen molar-refractivity contribution in [3.05, 3.63) is 35.8 Å². The fraction of sp³-hybridized carbons (Fsp3) is 0.520. The van der Waals surface area contributed by atoms with E-state index in [-0.39, 0.29) is 29.9 Å². The Balaban J connectivity index is 1.45. The van der Waals surface area contributed by atoms with E-state index < -0.39 is 29.2 Å². The molecule has 2 saturated carbocycles. The van der Waals surface area contributed by atoms with Gasteiger partial charge in [0.05, 0.1) is 12.3 Å². The van der Waals surface area contributed by atoms with Gasteiger partial charge in [-0.15, -0.1) is 0 Å². The van der Waals surface area contributed by atoms with Crippen LogP contribution in [0.4, 0.5) is 30.8 Å². The second kappa shape index (κ2) is 10.5. The SMILES string of the molecule is CNC(=O)C1CCC(Nc2ncc3nc(Nc4c(F)cc(F)cc4F)n(C4CCC(O)CC4)c3n2)CC1. The van der Waals surface area contributed by atoms with Crippen LogP contribution in [-0.2, 0) is 4.79 Å². The molecule has 2 fully saturated rings. The van der Waals surface area contributed by atoms with E-state index in [1.165, 1.54) is 0 Å². The van der Waals surface area contributed by atoms with Crippen LogP contribution in [0.15, 0.2) is 18.3 Å². The van der Waals surface area contributed by atoms with Gasteiger partial charge in [-0.2, -0.15) is 4.98 Å². The number of hydrogen-bond acceptors (Lipinski definition) is 7. The number of halogens is 3. The van der Waals surface area contributed by atoms with Gasteiger partial charge in [-0.1, -0.05) is 0 Å². The molecule has 37 heavy (non-hydrogen) atoms. The highest BCUT2D eigenvalue weighted by Gasteiger charge is 2.29. The molecule has 0 bridgehead atoms. The van der Waals surface area contributed by atoms with Gasteiger partial charge in [0.15, 0.2) is 17.3 Å². The molecule has 198 valence electrons. The first-order valence-corrected chi connectivity index (χ1v) is 12.6. The van der Waals surface area contributed by atoms with Crippen LogP contribution in [0.3, 0.4) is 0 Å². The first-order chi connectivity index (χ1) is 17.8. The van der Waals surface area contributed by atoms with E-state index in [1.54, 1.807) is 17.8 Å².